The molecule has 0 atom stereocenters. The topological polar surface area (TPSA) is 43.8 Å². The summed E-state index contributed by atoms with van der Waals surface area (Å²) in [5.41, 5.74) is 8.76. The van der Waals surface area contributed by atoms with E-state index in [1.165, 1.54) is 0 Å². The summed E-state index contributed by atoms with van der Waals surface area (Å²) < 4.78 is 1.99. The lowest BCUT2D eigenvalue weighted by molar-refractivity contribution is 0.538. The van der Waals surface area contributed by atoms with E-state index in [4.69, 9.17) is 5.73 Å². The average Bonchev–Trinajstić information content (AvgIpc) is 2.65. The van der Waals surface area contributed by atoms with Gasteiger partial charge in [0, 0.05) is 23.5 Å². The summed E-state index contributed by atoms with van der Waals surface area (Å²) in [7, 11) is 0. The van der Waals surface area contributed by atoms with Crippen LogP contribution in [-0.2, 0) is 0 Å². The highest BCUT2D eigenvalue weighted by molar-refractivity contribution is 5.64. The van der Waals surface area contributed by atoms with Gasteiger partial charge < -0.3 is 5.73 Å². The number of benzene rings is 1. The Bertz CT molecular complexity index is 457. The van der Waals surface area contributed by atoms with Gasteiger partial charge in [-0.3, -0.25) is 4.68 Å². The van der Waals surface area contributed by atoms with Gasteiger partial charge in [0.15, 0.2) is 0 Å². The summed E-state index contributed by atoms with van der Waals surface area (Å²) in [6, 6.07) is 10.2. The Balaban J connectivity index is 2.49. The van der Waals surface area contributed by atoms with Gasteiger partial charge in [0.2, 0.25) is 0 Å². The highest BCUT2D eigenvalue weighted by Crippen LogP contribution is 2.23. The first-order chi connectivity index (χ1) is 7.18. The highest BCUT2D eigenvalue weighted by Gasteiger charge is 2.07. The summed E-state index contributed by atoms with van der Waals surface area (Å²) >= 11 is 0. The van der Waals surface area contributed by atoms with Crippen molar-refractivity contribution in [3.8, 4) is 11.3 Å². The van der Waals surface area contributed by atoms with Crippen LogP contribution in [-0.4, -0.2) is 9.78 Å². The lowest BCUT2D eigenvalue weighted by Gasteiger charge is -2.11. The zero-order valence-corrected chi connectivity index (χ0v) is 9.01. The Hall–Kier alpha value is -1.77. The van der Waals surface area contributed by atoms with Gasteiger partial charge in [-0.1, -0.05) is 12.1 Å². The smallest absolute Gasteiger partial charge is 0.0686 e. The monoisotopic (exact) mass is 201 g/mol. The van der Waals surface area contributed by atoms with E-state index in [-0.39, 0.29) is 0 Å². The van der Waals surface area contributed by atoms with Crippen molar-refractivity contribution >= 4 is 5.69 Å². The van der Waals surface area contributed by atoms with Crippen molar-refractivity contribution in [3.63, 3.8) is 0 Å². The third kappa shape index (κ3) is 1.86. The molecule has 0 radical (unpaired) electrons. The summed E-state index contributed by atoms with van der Waals surface area (Å²) in [5.74, 6) is 0. The molecule has 3 nitrogen and oxygen atoms in total. The Labute approximate surface area is 89.5 Å². The first-order valence-corrected chi connectivity index (χ1v) is 5.08. The molecule has 0 saturated heterocycles. The second-order valence-corrected chi connectivity index (χ2v) is 3.88. The van der Waals surface area contributed by atoms with Gasteiger partial charge in [-0.15, -0.1) is 0 Å². The van der Waals surface area contributed by atoms with Gasteiger partial charge in [-0.05, 0) is 32.0 Å². The molecule has 0 aliphatic rings. The fourth-order valence-electron chi connectivity index (χ4n) is 1.65. The largest absolute Gasteiger partial charge is 0.399 e. The van der Waals surface area contributed by atoms with E-state index in [2.05, 4.69) is 18.9 Å². The van der Waals surface area contributed by atoms with Crippen LogP contribution in [0.15, 0.2) is 36.5 Å². The molecular weight excluding hydrogens is 186 g/mol. The summed E-state index contributed by atoms with van der Waals surface area (Å²) in [5, 5.41) is 4.30. The third-order valence-electron chi connectivity index (χ3n) is 2.34. The minimum Gasteiger partial charge on any atom is -0.399 e. The summed E-state index contributed by atoms with van der Waals surface area (Å²) in [6.07, 6.45) is 1.82. The van der Waals surface area contributed by atoms with Crippen LogP contribution < -0.4 is 5.73 Å². The molecule has 0 spiro atoms. The molecule has 0 bridgehead atoms. The number of nitrogen functional groups attached to an aromatic ring is 1. The van der Waals surface area contributed by atoms with Crippen LogP contribution in [0.3, 0.4) is 0 Å². The molecule has 2 aromatic rings. The molecule has 0 unspecified atom stereocenters. The van der Waals surface area contributed by atoms with Crippen molar-refractivity contribution in [1.29, 1.82) is 0 Å². The molecule has 0 amide bonds. The molecule has 2 rings (SSSR count). The molecular formula is C12H15N3. The van der Waals surface area contributed by atoms with Crippen LogP contribution in [0.5, 0.6) is 0 Å². The first kappa shape index (κ1) is 9.77. The normalized spacial score (nSPS) is 10.9. The maximum Gasteiger partial charge on any atom is 0.0686 e. The van der Waals surface area contributed by atoms with Crippen molar-refractivity contribution in [2.24, 2.45) is 0 Å². The van der Waals surface area contributed by atoms with E-state index in [9.17, 15) is 0 Å². The van der Waals surface area contributed by atoms with E-state index in [0.29, 0.717) is 6.04 Å². The zero-order chi connectivity index (χ0) is 10.8. The number of hydrogen-bond acceptors (Lipinski definition) is 2. The van der Waals surface area contributed by atoms with Crippen molar-refractivity contribution in [2.45, 2.75) is 19.9 Å². The maximum atomic E-state index is 5.76. The lowest BCUT2D eigenvalue weighted by atomic mass is 10.1. The van der Waals surface area contributed by atoms with Crippen LogP contribution in [0, 0.1) is 0 Å². The standard InChI is InChI=1S/C12H15N3/c1-9(2)15-12(6-7-14-15)10-4-3-5-11(13)8-10/h3-9H,13H2,1-2H3. The SMILES string of the molecule is CC(C)n1nccc1-c1cccc(N)c1. The third-order valence-corrected chi connectivity index (χ3v) is 2.34. The van der Waals surface area contributed by atoms with Crippen LogP contribution >= 0.6 is 0 Å². The van der Waals surface area contributed by atoms with Crippen molar-refractivity contribution in [1.82, 2.24) is 9.78 Å². The number of aromatic nitrogens is 2. The molecule has 1 heterocycles. The molecule has 15 heavy (non-hydrogen) atoms. The first-order valence-electron chi connectivity index (χ1n) is 5.08. The predicted octanol–water partition coefficient (Wildman–Crippen LogP) is 2.71. The molecule has 0 aliphatic carbocycles. The van der Waals surface area contributed by atoms with Gasteiger partial charge in [0.1, 0.15) is 0 Å². The molecule has 2 N–H and O–H groups in total. The number of nitrogens with two attached hydrogens (primary N) is 1. The molecule has 0 fully saturated rings. The molecule has 3 heteroatoms. The Morgan fingerprint density at radius 2 is 2.07 bits per heavy atom. The van der Waals surface area contributed by atoms with Gasteiger partial charge in [0.05, 0.1) is 5.69 Å². The quantitative estimate of drug-likeness (QED) is 0.759. The predicted molar refractivity (Wildman–Crippen MR) is 62.5 cm³/mol. The molecule has 0 saturated carbocycles. The van der Waals surface area contributed by atoms with E-state index in [0.717, 1.165) is 16.9 Å². The maximum absolute atomic E-state index is 5.76. The lowest BCUT2D eigenvalue weighted by Crippen LogP contribution is -2.04. The van der Waals surface area contributed by atoms with Crippen LogP contribution in [0.1, 0.15) is 19.9 Å². The van der Waals surface area contributed by atoms with Gasteiger partial charge in [-0.25, -0.2) is 0 Å². The van der Waals surface area contributed by atoms with Gasteiger partial charge >= 0.3 is 0 Å². The van der Waals surface area contributed by atoms with Gasteiger partial charge in [0.25, 0.3) is 0 Å². The molecule has 1 aromatic heterocycles. The number of anilines is 1. The second-order valence-electron chi connectivity index (χ2n) is 3.88. The minimum atomic E-state index is 0.358. The van der Waals surface area contributed by atoms with E-state index >= 15 is 0 Å². The van der Waals surface area contributed by atoms with Crippen LogP contribution in [0.4, 0.5) is 5.69 Å². The Kier molecular flexibility index (Phi) is 2.46. The van der Waals surface area contributed by atoms with E-state index in [1.807, 2.05) is 41.2 Å². The minimum absolute atomic E-state index is 0.358. The molecule has 1 aromatic carbocycles. The second kappa shape index (κ2) is 3.77. The van der Waals surface area contributed by atoms with Crippen molar-refractivity contribution in [3.05, 3.63) is 36.5 Å². The van der Waals surface area contributed by atoms with Crippen molar-refractivity contribution < 1.29 is 0 Å². The van der Waals surface area contributed by atoms with Crippen molar-refractivity contribution in [2.75, 3.05) is 5.73 Å². The number of nitrogens with zero attached hydrogens (tertiary/aromatic N) is 2. The summed E-state index contributed by atoms with van der Waals surface area (Å²) in [6.45, 7) is 4.23. The average molecular weight is 201 g/mol. The molecule has 78 valence electrons. The van der Waals surface area contributed by atoms with E-state index < -0.39 is 0 Å². The fraction of sp³-hybridized carbons (Fsp3) is 0.250. The highest BCUT2D eigenvalue weighted by atomic mass is 15.3. The Morgan fingerprint density at radius 3 is 2.73 bits per heavy atom. The molecule has 0 aliphatic heterocycles. The number of hydrogen-bond donors (Lipinski definition) is 1. The van der Waals surface area contributed by atoms with Gasteiger partial charge in [-0.2, -0.15) is 5.10 Å². The van der Waals surface area contributed by atoms with Crippen LogP contribution in [0.25, 0.3) is 11.3 Å². The zero-order valence-electron chi connectivity index (χ0n) is 9.01. The van der Waals surface area contributed by atoms with E-state index in [1.54, 1.807) is 0 Å². The summed E-state index contributed by atoms with van der Waals surface area (Å²) in [4.78, 5) is 0. The van der Waals surface area contributed by atoms with Crippen LogP contribution in [0.2, 0.25) is 0 Å². The number of rotatable bonds is 2. The Morgan fingerprint density at radius 1 is 1.27 bits per heavy atom. The fourth-order valence-corrected chi connectivity index (χ4v) is 1.65.